The molecule has 0 radical (unpaired) electrons. The molecule has 0 saturated heterocycles. The third-order valence-corrected chi connectivity index (χ3v) is 5.07. The molecule has 2 unspecified atom stereocenters. The zero-order chi connectivity index (χ0) is 14.8. The minimum Gasteiger partial charge on any atom is -0.380 e. The van der Waals surface area contributed by atoms with Gasteiger partial charge in [0.2, 0.25) is 0 Å². The van der Waals surface area contributed by atoms with Gasteiger partial charge in [-0.05, 0) is 44.6 Å². The molecule has 1 fully saturated rings. The van der Waals surface area contributed by atoms with Gasteiger partial charge in [0, 0.05) is 19.1 Å². The van der Waals surface area contributed by atoms with Crippen molar-refractivity contribution < 1.29 is 4.74 Å². The van der Waals surface area contributed by atoms with Crippen LogP contribution in [0.2, 0.25) is 10.0 Å². The zero-order valence-electron chi connectivity index (χ0n) is 12.5. The summed E-state index contributed by atoms with van der Waals surface area (Å²) in [6, 6.07) is 6.03. The molecule has 0 N–H and O–H groups in total. The third kappa shape index (κ3) is 3.14. The molecule has 1 aromatic carbocycles. The van der Waals surface area contributed by atoms with Gasteiger partial charge in [0.1, 0.15) is 0 Å². The predicted octanol–water partition coefficient (Wildman–Crippen LogP) is 4.38. The Morgan fingerprint density at radius 3 is 2.60 bits per heavy atom. The number of methoxy groups -OCH3 is 1. The minimum atomic E-state index is 0.00469. The second-order valence-electron chi connectivity index (χ2n) is 5.99. The van der Waals surface area contributed by atoms with Crippen molar-refractivity contribution in [1.82, 2.24) is 4.90 Å². The summed E-state index contributed by atoms with van der Waals surface area (Å²) in [7, 11) is 6.04. The summed E-state index contributed by atoms with van der Waals surface area (Å²) in [6.07, 6.45) is 4.92. The molecular weight excluding hydrogens is 293 g/mol. The number of nitrogens with zero attached hydrogens (tertiary/aromatic N) is 1. The average molecular weight is 316 g/mol. The van der Waals surface area contributed by atoms with E-state index in [4.69, 9.17) is 27.9 Å². The predicted molar refractivity (Wildman–Crippen MR) is 86.0 cm³/mol. The minimum absolute atomic E-state index is 0.00469. The van der Waals surface area contributed by atoms with Gasteiger partial charge in [-0.25, -0.2) is 0 Å². The summed E-state index contributed by atoms with van der Waals surface area (Å²) in [5.41, 5.74) is 1.25. The molecule has 0 bridgehead atoms. The molecule has 1 aliphatic carbocycles. The second-order valence-corrected chi connectivity index (χ2v) is 6.81. The van der Waals surface area contributed by atoms with Crippen LogP contribution in [0, 0.1) is 0 Å². The van der Waals surface area contributed by atoms with Crippen molar-refractivity contribution in [3.05, 3.63) is 33.8 Å². The lowest BCUT2D eigenvalue weighted by molar-refractivity contribution is -0.00947. The van der Waals surface area contributed by atoms with E-state index in [9.17, 15) is 0 Å². The summed E-state index contributed by atoms with van der Waals surface area (Å²) in [5.74, 6) is 0. The van der Waals surface area contributed by atoms with Crippen molar-refractivity contribution in [3.63, 3.8) is 0 Å². The van der Waals surface area contributed by atoms with Crippen LogP contribution in [0.1, 0.15) is 31.2 Å². The molecule has 112 valence electrons. The summed E-state index contributed by atoms with van der Waals surface area (Å²) in [5, 5.41) is 1.24. The lowest BCUT2D eigenvalue weighted by Gasteiger charge is -2.45. The average Bonchev–Trinajstić information content (AvgIpc) is 2.41. The fraction of sp³-hybridized carbons (Fsp3) is 0.625. The van der Waals surface area contributed by atoms with Gasteiger partial charge in [-0.3, -0.25) is 0 Å². The Kier molecular flexibility index (Phi) is 5.36. The zero-order valence-corrected chi connectivity index (χ0v) is 14.0. The molecule has 4 heteroatoms. The molecule has 2 atom stereocenters. The molecule has 0 amide bonds. The molecule has 0 spiro atoms. The Labute approximate surface area is 132 Å². The van der Waals surface area contributed by atoms with E-state index in [1.54, 1.807) is 0 Å². The molecule has 0 aromatic heterocycles. The third-order valence-electron chi connectivity index (χ3n) is 4.33. The van der Waals surface area contributed by atoms with Gasteiger partial charge in [0.25, 0.3) is 0 Å². The molecule has 0 aliphatic heterocycles. The van der Waals surface area contributed by atoms with Crippen LogP contribution >= 0.6 is 23.2 Å². The number of benzene rings is 1. The largest absolute Gasteiger partial charge is 0.380 e. The number of rotatable bonds is 4. The standard InChI is InChI=1S/C16H23Cl2NO/c1-19(2)11-16(9-5-4-6-15(16)20-3)12-7-8-13(17)14(18)10-12/h7-8,10,15H,4-6,9,11H2,1-3H3. The SMILES string of the molecule is COC1CCCCC1(CN(C)C)c1ccc(Cl)c(Cl)c1. The molecular formula is C16H23Cl2NO. The Hall–Kier alpha value is -0.280. The summed E-state index contributed by atoms with van der Waals surface area (Å²) in [6.45, 7) is 0.962. The molecule has 20 heavy (non-hydrogen) atoms. The maximum Gasteiger partial charge on any atom is 0.0680 e. The Balaban J connectivity index is 2.46. The molecule has 2 rings (SSSR count). The van der Waals surface area contributed by atoms with Crippen LogP contribution in [-0.4, -0.2) is 38.8 Å². The Bertz CT molecular complexity index is 464. The van der Waals surface area contributed by atoms with Crippen molar-refractivity contribution >= 4 is 23.2 Å². The normalized spacial score (nSPS) is 27.0. The van der Waals surface area contributed by atoms with E-state index in [0.717, 1.165) is 19.4 Å². The highest BCUT2D eigenvalue weighted by Crippen LogP contribution is 2.43. The van der Waals surface area contributed by atoms with Gasteiger partial charge in [-0.15, -0.1) is 0 Å². The van der Waals surface area contributed by atoms with Gasteiger partial charge in [-0.1, -0.05) is 42.1 Å². The smallest absolute Gasteiger partial charge is 0.0680 e. The van der Waals surface area contributed by atoms with E-state index in [0.29, 0.717) is 10.0 Å². The van der Waals surface area contributed by atoms with E-state index in [1.165, 1.54) is 18.4 Å². The van der Waals surface area contributed by atoms with Crippen LogP contribution < -0.4 is 0 Å². The first-order valence-electron chi connectivity index (χ1n) is 7.12. The van der Waals surface area contributed by atoms with Crippen molar-refractivity contribution in [2.24, 2.45) is 0 Å². The van der Waals surface area contributed by atoms with E-state index in [2.05, 4.69) is 25.1 Å². The van der Waals surface area contributed by atoms with Crippen LogP contribution in [0.4, 0.5) is 0 Å². The maximum absolute atomic E-state index is 6.24. The number of hydrogen-bond acceptors (Lipinski definition) is 2. The van der Waals surface area contributed by atoms with Crippen LogP contribution in [0.25, 0.3) is 0 Å². The van der Waals surface area contributed by atoms with E-state index >= 15 is 0 Å². The highest BCUT2D eigenvalue weighted by molar-refractivity contribution is 6.42. The van der Waals surface area contributed by atoms with Crippen molar-refractivity contribution in [2.45, 2.75) is 37.2 Å². The molecule has 1 saturated carbocycles. The van der Waals surface area contributed by atoms with Crippen molar-refractivity contribution in [1.29, 1.82) is 0 Å². The number of ether oxygens (including phenoxy) is 1. The molecule has 0 heterocycles. The van der Waals surface area contributed by atoms with Crippen LogP contribution in [0.5, 0.6) is 0 Å². The molecule has 2 nitrogen and oxygen atoms in total. The number of hydrogen-bond donors (Lipinski definition) is 0. The first kappa shape index (κ1) is 16.1. The number of likely N-dealkylation sites (N-methyl/N-ethyl adjacent to an activating group) is 1. The van der Waals surface area contributed by atoms with Gasteiger partial charge in [0.05, 0.1) is 16.1 Å². The van der Waals surface area contributed by atoms with Gasteiger partial charge in [-0.2, -0.15) is 0 Å². The Morgan fingerprint density at radius 2 is 2.00 bits per heavy atom. The fourth-order valence-corrected chi connectivity index (χ4v) is 3.82. The quantitative estimate of drug-likeness (QED) is 0.817. The lowest BCUT2D eigenvalue weighted by atomic mass is 9.67. The van der Waals surface area contributed by atoms with E-state index in [-0.39, 0.29) is 11.5 Å². The monoisotopic (exact) mass is 315 g/mol. The second kappa shape index (κ2) is 6.65. The van der Waals surface area contributed by atoms with Crippen LogP contribution in [-0.2, 0) is 10.2 Å². The maximum atomic E-state index is 6.24. The molecule has 1 aliphatic rings. The van der Waals surface area contributed by atoms with Crippen LogP contribution in [0.15, 0.2) is 18.2 Å². The lowest BCUT2D eigenvalue weighted by Crippen LogP contribution is -2.50. The highest BCUT2D eigenvalue weighted by atomic mass is 35.5. The topological polar surface area (TPSA) is 12.5 Å². The first-order chi connectivity index (χ1) is 9.49. The van der Waals surface area contributed by atoms with Gasteiger partial charge < -0.3 is 9.64 Å². The van der Waals surface area contributed by atoms with E-state index in [1.807, 2.05) is 19.2 Å². The summed E-state index contributed by atoms with van der Waals surface area (Å²) >= 11 is 12.3. The Morgan fingerprint density at radius 1 is 1.25 bits per heavy atom. The fourth-order valence-electron chi connectivity index (χ4n) is 3.52. The summed E-state index contributed by atoms with van der Waals surface area (Å²) in [4.78, 5) is 2.24. The molecule has 1 aromatic rings. The summed E-state index contributed by atoms with van der Waals surface area (Å²) < 4.78 is 5.83. The highest BCUT2D eigenvalue weighted by Gasteiger charge is 2.43. The number of halogens is 2. The van der Waals surface area contributed by atoms with E-state index < -0.39 is 0 Å². The van der Waals surface area contributed by atoms with Gasteiger partial charge in [0.15, 0.2) is 0 Å². The van der Waals surface area contributed by atoms with Crippen molar-refractivity contribution in [3.8, 4) is 0 Å². The van der Waals surface area contributed by atoms with Crippen molar-refractivity contribution in [2.75, 3.05) is 27.7 Å². The van der Waals surface area contributed by atoms with Crippen LogP contribution in [0.3, 0.4) is 0 Å². The first-order valence-corrected chi connectivity index (χ1v) is 7.88. The van der Waals surface area contributed by atoms with Gasteiger partial charge >= 0.3 is 0 Å².